The van der Waals surface area contributed by atoms with E-state index in [0.29, 0.717) is 11.3 Å². The number of aromatic nitrogens is 1. The standard InChI is InChI=1S/C11H9FN2/c12-9-6-14-7-10(13)11(9)8-4-2-1-3-5-8/h1-7H,13H2. The quantitative estimate of drug-likeness (QED) is 0.746. The summed E-state index contributed by atoms with van der Waals surface area (Å²) in [5.41, 5.74) is 7.19. The number of pyridine rings is 1. The molecule has 0 atom stereocenters. The Labute approximate surface area is 81.2 Å². The van der Waals surface area contributed by atoms with Crippen LogP contribution >= 0.6 is 0 Å². The van der Waals surface area contributed by atoms with Crippen LogP contribution in [0.1, 0.15) is 0 Å². The third kappa shape index (κ3) is 1.44. The summed E-state index contributed by atoms with van der Waals surface area (Å²) in [6.07, 6.45) is 2.62. The highest BCUT2D eigenvalue weighted by Gasteiger charge is 2.07. The smallest absolute Gasteiger partial charge is 0.151 e. The van der Waals surface area contributed by atoms with Crippen LogP contribution in [0, 0.1) is 5.82 Å². The van der Waals surface area contributed by atoms with E-state index in [1.54, 1.807) is 0 Å². The van der Waals surface area contributed by atoms with Crippen LogP contribution in [0.5, 0.6) is 0 Å². The molecule has 14 heavy (non-hydrogen) atoms. The van der Waals surface area contributed by atoms with Gasteiger partial charge in [0.05, 0.1) is 18.1 Å². The molecule has 3 heteroatoms. The summed E-state index contributed by atoms with van der Waals surface area (Å²) in [5.74, 6) is -0.392. The van der Waals surface area contributed by atoms with Crippen molar-refractivity contribution < 1.29 is 4.39 Å². The Kier molecular flexibility index (Phi) is 2.14. The Balaban J connectivity index is 2.63. The molecule has 0 aliphatic carbocycles. The van der Waals surface area contributed by atoms with E-state index in [2.05, 4.69) is 4.98 Å². The summed E-state index contributed by atoms with van der Waals surface area (Å²) in [5, 5.41) is 0. The first kappa shape index (κ1) is 8.69. The van der Waals surface area contributed by atoms with Crippen molar-refractivity contribution in [2.75, 3.05) is 5.73 Å². The lowest BCUT2D eigenvalue weighted by atomic mass is 10.1. The lowest BCUT2D eigenvalue weighted by Gasteiger charge is -2.05. The van der Waals surface area contributed by atoms with Crippen molar-refractivity contribution in [3.8, 4) is 11.1 Å². The number of hydrogen-bond donors (Lipinski definition) is 1. The predicted molar refractivity (Wildman–Crippen MR) is 54.0 cm³/mol. The summed E-state index contributed by atoms with van der Waals surface area (Å²) in [4.78, 5) is 3.67. The monoisotopic (exact) mass is 188 g/mol. The molecule has 1 heterocycles. The van der Waals surface area contributed by atoms with Crippen LogP contribution in [0.15, 0.2) is 42.7 Å². The molecule has 0 aliphatic rings. The lowest BCUT2D eigenvalue weighted by molar-refractivity contribution is 0.626. The first-order valence-electron chi connectivity index (χ1n) is 4.23. The second kappa shape index (κ2) is 3.46. The van der Waals surface area contributed by atoms with Gasteiger partial charge in [-0.3, -0.25) is 4.98 Å². The van der Waals surface area contributed by atoms with Crippen molar-refractivity contribution in [3.63, 3.8) is 0 Å². The molecule has 1 aromatic carbocycles. The lowest BCUT2D eigenvalue weighted by Crippen LogP contribution is -1.94. The highest BCUT2D eigenvalue weighted by molar-refractivity contribution is 5.75. The highest BCUT2D eigenvalue weighted by Crippen LogP contribution is 2.27. The van der Waals surface area contributed by atoms with Crippen LogP contribution < -0.4 is 5.73 Å². The van der Waals surface area contributed by atoms with Gasteiger partial charge in [0.25, 0.3) is 0 Å². The minimum atomic E-state index is -0.392. The van der Waals surface area contributed by atoms with E-state index in [-0.39, 0.29) is 0 Å². The fourth-order valence-electron chi connectivity index (χ4n) is 1.36. The number of rotatable bonds is 1. The molecule has 2 aromatic rings. The molecule has 2 nitrogen and oxygen atoms in total. The molecule has 0 unspecified atom stereocenters. The molecular weight excluding hydrogens is 179 g/mol. The SMILES string of the molecule is Nc1cncc(F)c1-c1ccccc1. The van der Waals surface area contributed by atoms with Crippen LogP contribution in [0.25, 0.3) is 11.1 Å². The van der Waals surface area contributed by atoms with E-state index in [4.69, 9.17) is 5.73 Å². The van der Waals surface area contributed by atoms with E-state index >= 15 is 0 Å². The zero-order valence-electron chi connectivity index (χ0n) is 7.44. The second-order valence-electron chi connectivity index (χ2n) is 2.95. The Bertz CT molecular complexity index is 420. The average Bonchev–Trinajstić information content (AvgIpc) is 2.19. The maximum atomic E-state index is 13.4. The Hall–Kier alpha value is -1.90. The number of anilines is 1. The largest absolute Gasteiger partial charge is 0.397 e. The fraction of sp³-hybridized carbons (Fsp3) is 0. The van der Waals surface area contributed by atoms with E-state index in [0.717, 1.165) is 5.56 Å². The Morgan fingerprint density at radius 3 is 2.43 bits per heavy atom. The summed E-state index contributed by atoms with van der Waals surface area (Å²) < 4.78 is 13.4. The van der Waals surface area contributed by atoms with Crippen molar-refractivity contribution >= 4 is 5.69 Å². The van der Waals surface area contributed by atoms with Gasteiger partial charge < -0.3 is 5.73 Å². The van der Waals surface area contributed by atoms with Gasteiger partial charge in [-0.15, -0.1) is 0 Å². The molecule has 0 saturated heterocycles. The fourth-order valence-corrected chi connectivity index (χ4v) is 1.36. The average molecular weight is 188 g/mol. The van der Waals surface area contributed by atoms with Gasteiger partial charge in [0.15, 0.2) is 5.82 Å². The van der Waals surface area contributed by atoms with Crippen molar-refractivity contribution in [3.05, 3.63) is 48.5 Å². The molecule has 0 radical (unpaired) electrons. The van der Waals surface area contributed by atoms with Crippen LogP contribution in [0.2, 0.25) is 0 Å². The van der Waals surface area contributed by atoms with E-state index in [1.807, 2.05) is 30.3 Å². The Morgan fingerprint density at radius 2 is 1.79 bits per heavy atom. The predicted octanol–water partition coefficient (Wildman–Crippen LogP) is 2.47. The second-order valence-corrected chi connectivity index (χ2v) is 2.95. The third-order valence-corrected chi connectivity index (χ3v) is 1.99. The van der Waals surface area contributed by atoms with Crippen molar-refractivity contribution in [2.45, 2.75) is 0 Å². The normalized spacial score (nSPS) is 10.1. The van der Waals surface area contributed by atoms with Gasteiger partial charge in [0, 0.05) is 5.56 Å². The molecule has 2 rings (SSSR count). The van der Waals surface area contributed by atoms with Crippen LogP contribution in [0.3, 0.4) is 0 Å². The molecular formula is C11H9FN2. The number of benzene rings is 1. The van der Waals surface area contributed by atoms with Gasteiger partial charge in [-0.25, -0.2) is 4.39 Å². The topological polar surface area (TPSA) is 38.9 Å². The highest BCUT2D eigenvalue weighted by atomic mass is 19.1. The zero-order chi connectivity index (χ0) is 9.97. The molecule has 0 amide bonds. The molecule has 0 saturated carbocycles. The van der Waals surface area contributed by atoms with Crippen molar-refractivity contribution in [1.82, 2.24) is 4.98 Å². The minimum absolute atomic E-state index is 0.358. The van der Waals surface area contributed by atoms with Crippen LogP contribution in [-0.2, 0) is 0 Å². The number of halogens is 1. The molecule has 2 N–H and O–H groups in total. The van der Waals surface area contributed by atoms with Gasteiger partial charge >= 0.3 is 0 Å². The van der Waals surface area contributed by atoms with Gasteiger partial charge in [0.2, 0.25) is 0 Å². The van der Waals surface area contributed by atoms with Crippen molar-refractivity contribution in [1.29, 1.82) is 0 Å². The minimum Gasteiger partial charge on any atom is -0.397 e. The van der Waals surface area contributed by atoms with Gasteiger partial charge in [-0.1, -0.05) is 30.3 Å². The van der Waals surface area contributed by atoms with Crippen molar-refractivity contribution in [2.24, 2.45) is 0 Å². The van der Waals surface area contributed by atoms with Crippen LogP contribution in [0.4, 0.5) is 10.1 Å². The molecule has 0 aliphatic heterocycles. The van der Waals surface area contributed by atoms with E-state index in [1.165, 1.54) is 12.4 Å². The molecule has 1 aromatic heterocycles. The zero-order valence-corrected chi connectivity index (χ0v) is 7.44. The van der Waals surface area contributed by atoms with Crippen LogP contribution in [-0.4, -0.2) is 4.98 Å². The number of hydrogen-bond acceptors (Lipinski definition) is 2. The third-order valence-electron chi connectivity index (χ3n) is 1.99. The molecule has 0 fully saturated rings. The number of nitrogens with two attached hydrogens (primary N) is 1. The van der Waals surface area contributed by atoms with E-state index in [9.17, 15) is 4.39 Å². The summed E-state index contributed by atoms with van der Waals surface area (Å²) in [6, 6.07) is 9.19. The number of nitrogens with zero attached hydrogens (tertiary/aromatic N) is 1. The summed E-state index contributed by atoms with van der Waals surface area (Å²) >= 11 is 0. The first-order chi connectivity index (χ1) is 6.79. The van der Waals surface area contributed by atoms with Gasteiger partial charge in [-0.05, 0) is 5.56 Å². The van der Waals surface area contributed by atoms with Gasteiger partial charge in [0.1, 0.15) is 0 Å². The molecule has 0 spiro atoms. The maximum absolute atomic E-state index is 13.4. The maximum Gasteiger partial charge on any atom is 0.151 e. The van der Waals surface area contributed by atoms with E-state index < -0.39 is 5.82 Å². The molecule has 70 valence electrons. The first-order valence-corrected chi connectivity index (χ1v) is 4.23. The van der Waals surface area contributed by atoms with Gasteiger partial charge in [-0.2, -0.15) is 0 Å². The Morgan fingerprint density at radius 1 is 1.07 bits per heavy atom. The molecule has 0 bridgehead atoms. The number of nitrogen functional groups attached to an aromatic ring is 1. The summed E-state index contributed by atoms with van der Waals surface area (Å²) in [6.45, 7) is 0. The summed E-state index contributed by atoms with van der Waals surface area (Å²) in [7, 11) is 0.